The number of amides is 2. The average Bonchev–Trinajstić information content (AvgIpc) is 2.75. The Labute approximate surface area is 111 Å². The van der Waals surface area contributed by atoms with Crippen LogP contribution in [0.25, 0.3) is 0 Å². The van der Waals surface area contributed by atoms with E-state index in [9.17, 15) is 9.59 Å². The second-order valence-corrected chi connectivity index (χ2v) is 4.97. The number of nitrogens with zero attached hydrogens (tertiary/aromatic N) is 1. The molecule has 1 heterocycles. The topological polar surface area (TPSA) is 49.4 Å². The number of carbonyl (C=O) groups is 2. The summed E-state index contributed by atoms with van der Waals surface area (Å²) < 4.78 is 0. The van der Waals surface area contributed by atoms with Gasteiger partial charge in [0.2, 0.25) is 11.8 Å². The molecule has 0 radical (unpaired) electrons. The highest BCUT2D eigenvalue weighted by molar-refractivity contribution is 6.30. The van der Waals surface area contributed by atoms with Gasteiger partial charge in [-0.25, -0.2) is 0 Å². The summed E-state index contributed by atoms with van der Waals surface area (Å²) in [6.45, 7) is 0.946. The van der Waals surface area contributed by atoms with E-state index in [2.05, 4.69) is 5.32 Å². The number of nitrogens with one attached hydrogen (secondary N) is 1. The molecule has 1 aliphatic heterocycles. The molecule has 5 heteroatoms. The highest BCUT2D eigenvalue weighted by Gasteiger charge is 2.29. The molecule has 1 unspecified atom stereocenters. The zero-order chi connectivity index (χ0) is 13.1. The number of hydrogen-bond acceptors (Lipinski definition) is 2. The first-order chi connectivity index (χ1) is 8.56. The molecule has 2 amide bonds. The Morgan fingerprint density at radius 1 is 1.56 bits per heavy atom. The lowest BCUT2D eigenvalue weighted by molar-refractivity contribution is -0.135. The van der Waals surface area contributed by atoms with E-state index in [1.807, 2.05) is 18.2 Å². The standard InChI is InChI=1S/C13H15ClN2O2/c1-16(8-9-3-2-4-11(14)5-9)13(18)10-6-12(17)15-7-10/h2-5,10H,6-8H2,1H3,(H,15,17). The molecule has 1 saturated heterocycles. The van der Waals surface area contributed by atoms with Crippen LogP contribution in [-0.2, 0) is 16.1 Å². The van der Waals surface area contributed by atoms with Crippen LogP contribution in [0.15, 0.2) is 24.3 Å². The zero-order valence-corrected chi connectivity index (χ0v) is 10.9. The molecule has 1 fully saturated rings. The summed E-state index contributed by atoms with van der Waals surface area (Å²) in [6, 6.07) is 7.42. The second-order valence-electron chi connectivity index (χ2n) is 4.53. The minimum absolute atomic E-state index is 0.00618. The maximum Gasteiger partial charge on any atom is 0.228 e. The molecule has 4 nitrogen and oxygen atoms in total. The van der Waals surface area contributed by atoms with Gasteiger partial charge in [0, 0.05) is 31.6 Å². The van der Waals surface area contributed by atoms with Crippen molar-refractivity contribution in [3.8, 4) is 0 Å². The van der Waals surface area contributed by atoms with Crippen LogP contribution in [0.2, 0.25) is 5.02 Å². The Morgan fingerprint density at radius 3 is 2.94 bits per heavy atom. The summed E-state index contributed by atoms with van der Waals surface area (Å²) in [5.41, 5.74) is 0.982. The van der Waals surface area contributed by atoms with Gasteiger partial charge in [-0.3, -0.25) is 9.59 Å². The lowest BCUT2D eigenvalue weighted by atomic mass is 10.1. The van der Waals surface area contributed by atoms with Crippen molar-refractivity contribution in [1.82, 2.24) is 10.2 Å². The lowest BCUT2D eigenvalue weighted by Gasteiger charge is -2.20. The average molecular weight is 267 g/mol. The van der Waals surface area contributed by atoms with Gasteiger partial charge in [0.05, 0.1) is 5.92 Å². The zero-order valence-electron chi connectivity index (χ0n) is 10.1. The van der Waals surface area contributed by atoms with E-state index in [1.165, 1.54) is 0 Å². The number of hydrogen-bond donors (Lipinski definition) is 1. The fourth-order valence-corrected chi connectivity index (χ4v) is 2.29. The third kappa shape index (κ3) is 3.01. The van der Waals surface area contributed by atoms with Crippen molar-refractivity contribution in [1.29, 1.82) is 0 Å². The third-order valence-corrected chi connectivity index (χ3v) is 3.25. The minimum atomic E-state index is -0.235. The quantitative estimate of drug-likeness (QED) is 0.900. The summed E-state index contributed by atoms with van der Waals surface area (Å²) in [7, 11) is 1.74. The van der Waals surface area contributed by atoms with Crippen LogP contribution in [0, 0.1) is 5.92 Å². The SMILES string of the molecule is CN(Cc1cccc(Cl)c1)C(=O)C1CNC(=O)C1. The van der Waals surface area contributed by atoms with E-state index in [0.29, 0.717) is 24.5 Å². The highest BCUT2D eigenvalue weighted by Crippen LogP contribution is 2.16. The fraction of sp³-hybridized carbons (Fsp3) is 0.385. The van der Waals surface area contributed by atoms with Crippen LogP contribution >= 0.6 is 11.6 Å². The van der Waals surface area contributed by atoms with Gasteiger partial charge in [-0.2, -0.15) is 0 Å². The van der Waals surface area contributed by atoms with Gasteiger partial charge in [-0.05, 0) is 17.7 Å². The molecule has 0 bridgehead atoms. The van der Waals surface area contributed by atoms with Gasteiger partial charge >= 0.3 is 0 Å². The number of halogens is 1. The Kier molecular flexibility index (Phi) is 3.87. The molecule has 96 valence electrons. The minimum Gasteiger partial charge on any atom is -0.355 e. The first-order valence-electron chi connectivity index (χ1n) is 5.82. The van der Waals surface area contributed by atoms with Gasteiger partial charge in [-0.15, -0.1) is 0 Å². The molecule has 1 aromatic carbocycles. The number of carbonyl (C=O) groups excluding carboxylic acids is 2. The molecular weight excluding hydrogens is 252 g/mol. The largest absolute Gasteiger partial charge is 0.355 e. The van der Waals surface area contributed by atoms with Crippen LogP contribution in [0.4, 0.5) is 0 Å². The molecule has 18 heavy (non-hydrogen) atoms. The van der Waals surface area contributed by atoms with E-state index < -0.39 is 0 Å². The molecule has 0 spiro atoms. The predicted octanol–water partition coefficient (Wildman–Crippen LogP) is 1.43. The molecule has 1 N–H and O–H groups in total. The lowest BCUT2D eigenvalue weighted by Crippen LogP contribution is -2.33. The summed E-state index contributed by atoms with van der Waals surface area (Å²) >= 11 is 5.90. The molecule has 0 aromatic heterocycles. The van der Waals surface area contributed by atoms with Crippen molar-refractivity contribution in [3.05, 3.63) is 34.9 Å². The van der Waals surface area contributed by atoms with Crippen LogP contribution in [-0.4, -0.2) is 30.3 Å². The molecular formula is C13H15ClN2O2. The summed E-state index contributed by atoms with van der Waals surface area (Å²) in [5, 5.41) is 3.33. The third-order valence-electron chi connectivity index (χ3n) is 3.01. The first kappa shape index (κ1) is 12.9. The van der Waals surface area contributed by atoms with E-state index in [0.717, 1.165) is 5.56 Å². The predicted molar refractivity (Wildman–Crippen MR) is 69.0 cm³/mol. The van der Waals surface area contributed by atoms with Gasteiger partial charge in [0.25, 0.3) is 0 Å². The molecule has 1 aliphatic rings. The van der Waals surface area contributed by atoms with Crippen LogP contribution in [0.5, 0.6) is 0 Å². The normalized spacial score (nSPS) is 18.6. The summed E-state index contributed by atoms with van der Waals surface area (Å²) in [6.07, 6.45) is 0.290. The summed E-state index contributed by atoms with van der Waals surface area (Å²) in [4.78, 5) is 24.8. The van der Waals surface area contributed by atoms with Gasteiger partial charge < -0.3 is 10.2 Å². The van der Waals surface area contributed by atoms with Gasteiger partial charge in [0.15, 0.2) is 0 Å². The van der Waals surface area contributed by atoms with Crippen molar-refractivity contribution in [2.24, 2.45) is 5.92 Å². The number of benzene rings is 1. The number of rotatable bonds is 3. The van der Waals surface area contributed by atoms with E-state index in [4.69, 9.17) is 11.6 Å². The summed E-state index contributed by atoms with van der Waals surface area (Å²) in [5.74, 6) is -0.292. The molecule has 0 saturated carbocycles. The Balaban J connectivity index is 1.97. The Bertz CT molecular complexity index is 476. The highest BCUT2D eigenvalue weighted by atomic mass is 35.5. The fourth-order valence-electron chi connectivity index (χ4n) is 2.08. The van der Waals surface area contributed by atoms with Crippen molar-refractivity contribution in [2.75, 3.05) is 13.6 Å². The van der Waals surface area contributed by atoms with Crippen molar-refractivity contribution in [3.63, 3.8) is 0 Å². The maximum atomic E-state index is 12.1. The monoisotopic (exact) mass is 266 g/mol. The van der Waals surface area contributed by atoms with Crippen molar-refractivity contribution < 1.29 is 9.59 Å². The van der Waals surface area contributed by atoms with Gasteiger partial charge in [0.1, 0.15) is 0 Å². The van der Waals surface area contributed by atoms with E-state index >= 15 is 0 Å². The molecule has 0 aliphatic carbocycles. The van der Waals surface area contributed by atoms with Crippen molar-refractivity contribution in [2.45, 2.75) is 13.0 Å². The molecule has 2 rings (SSSR count). The van der Waals surface area contributed by atoms with Gasteiger partial charge in [-0.1, -0.05) is 23.7 Å². The van der Waals surface area contributed by atoms with Crippen molar-refractivity contribution >= 4 is 23.4 Å². The maximum absolute atomic E-state index is 12.1. The van der Waals surface area contributed by atoms with Crippen LogP contribution in [0.3, 0.4) is 0 Å². The van der Waals surface area contributed by atoms with Crippen LogP contribution in [0.1, 0.15) is 12.0 Å². The molecule has 1 aromatic rings. The Hall–Kier alpha value is -1.55. The Morgan fingerprint density at radius 2 is 2.33 bits per heavy atom. The van der Waals surface area contributed by atoms with E-state index in [1.54, 1.807) is 18.0 Å². The molecule has 1 atom stereocenters. The van der Waals surface area contributed by atoms with E-state index in [-0.39, 0.29) is 17.7 Å². The second kappa shape index (κ2) is 5.40. The first-order valence-corrected chi connectivity index (χ1v) is 6.20. The smallest absolute Gasteiger partial charge is 0.228 e. The van der Waals surface area contributed by atoms with Crippen LogP contribution < -0.4 is 5.32 Å².